The van der Waals surface area contributed by atoms with E-state index in [1.165, 1.54) is 11.8 Å². The van der Waals surface area contributed by atoms with Crippen LogP contribution in [0.5, 0.6) is 5.75 Å². The van der Waals surface area contributed by atoms with Gasteiger partial charge in [-0.05, 0) is 37.0 Å². The van der Waals surface area contributed by atoms with Gasteiger partial charge in [0.15, 0.2) is 0 Å². The molecule has 1 fully saturated rings. The van der Waals surface area contributed by atoms with Gasteiger partial charge in [0.1, 0.15) is 11.5 Å². The number of benzene rings is 1. The van der Waals surface area contributed by atoms with Crippen molar-refractivity contribution in [1.29, 1.82) is 0 Å². The number of aliphatic carboxylic acids is 1. The zero-order valence-electron chi connectivity index (χ0n) is 19.9. The Morgan fingerprint density at radius 1 is 1.12 bits per heavy atom. The summed E-state index contributed by atoms with van der Waals surface area (Å²) in [4.78, 5) is 24.2. The van der Waals surface area contributed by atoms with Crippen LogP contribution in [-0.4, -0.2) is 57.4 Å². The summed E-state index contributed by atoms with van der Waals surface area (Å²) in [6.07, 6.45) is 6.85. The average molecular weight is 481 g/mol. The largest absolute Gasteiger partial charge is 0.497 e. The summed E-state index contributed by atoms with van der Waals surface area (Å²) in [5.41, 5.74) is 0.770. The second-order valence-electron chi connectivity index (χ2n) is 9.09. The van der Waals surface area contributed by atoms with Crippen LogP contribution in [0.2, 0.25) is 0 Å². The molecule has 3 N–H and O–H groups in total. The van der Waals surface area contributed by atoms with Crippen LogP contribution in [0.1, 0.15) is 82.6 Å². The molecule has 1 aliphatic rings. The van der Waals surface area contributed by atoms with E-state index in [2.05, 4.69) is 6.92 Å². The Morgan fingerprint density at radius 2 is 1.82 bits per heavy atom. The van der Waals surface area contributed by atoms with E-state index in [-0.39, 0.29) is 23.4 Å². The molecule has 7 heteroatoms. The number of methoxy groups -OCH3 is 1. The molecule has 6 nitrogen and oxygen atoms in total. The molecular weight excluding hydrogens is 440 g/mol. The number of aliphatic hydroxyl groups excluding tert-OH is 2. The summed E-state index contributed by atoms with van der Waals surface area (Å²) in [5, 5.41) is 30.0. The SMILES string of the molecule is CCCCCC(O)CS[C@H]1C(O)CC(=O)[C@@H]1CCCCCC(C(=O)O)c1ccc(OC)cc1. The van der Waals surface area contributed by atoms with Gasteiger partial charge >= 0.3 is 5.97 Å². The summed E-state index contributed by atoms with van der Waals surface area (Å²) in [6, 6.07) is 7.16. The molecule has 2 rings (SSSR count). The highest BCUT2D eigenvalue weighted by molar-refractivity contribution is 8.00. The van der Waals surface area contributed by atoms with Gasteiger partial charge < -0.3 is 20.1 Å². The van der Waals surface area contributed by atoms with Crippen LogP contribution in [-0.2, 0) is 9.59 Å². The van der Waals surface area contributed by atoms with Crippen LogP contribution in [0.25, 0.3) is 0 Å². The van der Waals surface area contributed by atoms with E-state index in [9.17, 15) is 24.9 Å². The van der Waals surface area contributed by atoms with Gasteiger partial charge in [0.05, 0.1) is 25.2 Å². The van der Waals surface area contributed by atoms with Crippen LogP contribution in [0, 0.1) is 5.92 Å². The second-order valence-corrected chi connectivity index (χ2v) is 10.3. The molecule has 5 atom stereocenters. The first-order valence-corrected chi connectivity index (χ1v) is 13.3. The zero-order chi connectivity index (χ0) is 24.2. The molecule has 186 valence electrons. The van der Waals surface area contributed by atoms with Crippen molar-refractivity contribution in [2.24, 2.45) is 5.92 Å². The molecule has 1 aliphatic carbocycles. The second kappa shape index (κ2) is 14.6. The van der Waals surface area contributed by atoms with Crippen molar-refractivity contribution in [3.8, 4) is 5.75 Å². The van der Waals surface area contributed by atoms with Crippen molar-refractivity contribution in [2.75, 3.05) is 12.9 Å². The maximum absolute atomic E-state index is 12.4. The number of aliphatic hydroxyl groups is 2. The van der Waals surface area contributed by atoms with E-state index < -0.39 is 24.1 Å². The maximum atomic E-state index is 12.4. The van der Waals surface area contributed by atoms with Crippen LogP contribution in [0.3, 0.4) is 0 Å². The highest BCUT2D eigenvalue weighted by Crippen LogP contribution is 2.37. The van der Waals surface area contributed by atoms with E-state index in [0.717, 1.165) is 50.5 Å². The molecule has 0 amide bonds. The van der Waals surface area contributed by atoms with Gasteiger partial charge in [-0.25, -0.2) is 0 Å². The predicted molar refractivity (Wildman–Crippen MR) is 132 cm³/mol. The number of ether oxygens (including phenoxy) is 1. The number of hydrogen-bond acceptors (Lipinski definition) is 6. The van der Waals surface area contributed by atoms with Crippen LogP contribution in [0.4, 0.5) is 0 Å². The molecular formula is C26H40O6S. The van der Waals surface area contributed by atoms with Crippen molar-refractivity contribution in [2.45, 2.75) is 94.5 Å². The number of carbonyl (C=O) groups is 2. The van der Waals surface area contributed by atoms with Crippen molar-refractivity contribution in [1.82, 2.24) is 0 Å². The summed E-state index contributed by atoms with van der Waals surface area (Å²) in [6.45, 7) is 2.13. The van der Waals surface area contributed by atoms with Crippen LogP contribution >= 0.6 is 11.8 Å². The fourth-order valence-electron chi connectivity index (χ4n) is 4.57. The molecule has 0 aliphatic heterocycles. The van der Waals surface area contributed by atoms with Crippen molar-refractivity contribution in [3.63, 3.8) is 0 Å². The number of Topliss-reactive ketones (excluding diaryl/α,β-unsaturated/α-hetero) is 1. The van der Waals surface area contributed by atoms with Gasteiger partial charge in [0.2, 0.25) is 0 Å². The van der Waals surface area contributed by atoms with E-state index >= 15 is 0 Å². The summed E-state index contributed by atoms with van der Waals surface area (Å²) in [5.74, 6) is -0.192. The Labute approximate surface area is 202 Å². The third-order valence-electron chi connectivity index (χ3n) is 6.55. The quantitative estimate of drug-likeness (QED) is 0.292. The number of carboxylic acids is 1. The number of rotatable bonds is 16. The topological polar surface area (TPSA) is 104 Å². The van der Waals surface area contributed by atoms with E-state index in [4.69, 9.17) is 4.74 Å². The predicted octanol–water partition coefficient (Wildman–Crippen LogP) is 4.81. The summed E-state index contributed by atoms with van der Waals surface area (Å²) < 4.78 is 5.14. The lowest BCUT2D eigenvalue weighted by Crippen LogP contribution is -2.26. The molecule has 0 spiro atoms. The van der Waals surface area contributed by atoms with Gasteiger partial charge in [-0.2, -0.15) is 11.8 Å². The lowest BCUT2D eigenvalue weighted by Gasteiger charge is -2.22. The maximum Gasteiger partial charge on any atom is 0.310 e. The first-order valence-electron chi connectivity index (χ1n) is 12.2. The Kier molecular flexibility index (Phi) is 12.3. The summed E-state index contributed by atoms with van der Waals surface area (Å²) in [7, 11) is 1.58. The smallest absolute Gasteiger partial charge is 0.310 e. The first-order chi connectivity index (χ1) is 15.9. The number of hydrogen-bond donors (Lipinski definition) is 3. The van der Waals surface area contributed by atoms with E-state index in [0.29, 0.717) is 24.3 Å². The van der Waals surface area contributed by atoms with Crippen molar-refractivity contribution < 1.29 is 29.6 Å². The fraction of sp³-hybridized carbons (Fsp3) is 0.692. The molecule has 0 bridgehead atoms. The van der Waals surface area contributed by atoms with E-state index in [1.54, 1.807) is 31.4 Å². The Morgan fingerprint density at radius 3 is 2.45 bits per heavy atom. The molecule has 0 radical (unpaired) electrons. The first kappa shape index (κ1) is 27.7. The number of carboxylic acid groups (broad SMARTS) is 1. The monoisotopic (exact) mass is 480 g/mol. The van der Waals surface area contributed by atoms with E-state index in [1.807, 2.05) is 0 Å². The number of unbranched alkanes of at least 4 members (excludes halogenated alkanes) is 4. The molecule has 0 aromatic heterocycles. The minimum absolute atomic E-state index is 0.113. The van der Waals surface area contributed by atoms with Gasteiger partial charge in [-0.3, -0.25) is 9.59 Å². The highest BCUT2D eigenvalue weighted by Gasteiger charge is 2.41. The standard InChI is InChI=1S/C26H40O6S/c1-3-4-6-9-19(27)17-33-25-22(23(28)16-24(25)29)11-8-5-7-10-21(26(30)31)18-12-14-20(32-2)15-13-18/h12-15,19,21-22,24-25,27,29H,3-11,16-17H2,1-2H3,(H,30,31)/t19?,21?,22-,24?,25+/m0/s1. The lowest BCUT2D eigenvalue weighted by atomic mass is 9.92. The minimum Gasteiger partial charge on any atom is -0.497 e. The third-order valence-corrected chi connectivity index (χ3v) is 8.15. The normalized spacial score (nSPS) is 22.3. The fourth-order valence-corrected chi connectivity index (χ4v) is 6.02. The summed E-state index contributed by atoms with van der Waals surface area (Å²) >= 11 is 1.53. The number of thioether (sulfide) groups is 1. The molecule has 1 aromatic rings. The van der Waals surface area contributed by atoms with Crippen LogP contribution < -0.4 is 4.74 Å². The molecule has 1 aromatic carbocycles. The Hall–Kier alpha value is -1.57. The van der Waals surface area contributed by atoms with Gasteiger partial charge in [-0.1, -0.05) is 57.6 Å². The Balaban J connectivity index is 1.77. The Bertz CT molecular complexity index is 722. The van der Waals surface area contributed by atoms with Gasteiger partial charge in [0, 0.05) is 23.3 Å². The van der Waals surface area contributed by atoms with Gasteiger partial charge in [0.25, 0.3) is 0 Å². The third kappa shape index (κ3) is 8.95. The lowest BCUT2D eigenvalue weighted by molar-refractivity contribution is -0.139. The highest BCUT2D eigenvalue weighted by atomic mass is 32.2. The minimum atomic E-state index is -0.830. The van der Waals surface area contributed by atoms with Crippen molar-refractivity contribution >= 4 is 23.5 Å². The average Bonchev–Trinajstić information content (AvgIpc) is 3.06. The molecule has 0 heterocycles. The molecule has 1 saturated carbocycles. The van der Waals surface area contributed by atoms with Gasteiger partial charge in [-0.15, -0.1) is 0 Å². The molecule has 0 saturated heterocycles. The molecule has 33 heavy (non-hydrogen) atoms. The number of carbonyl (C=O) groups excluding carboxylic acids is 1. The number of ketones is 1. The van der Waals surface area contributed by atoms with Crippen LogP contribution in [0.15, 0.2) is 24.3 Å². The van der Waals surface area contributed by atoms with Crippen molar-refractivity contribution in [3.05, 3.63) is 29.8 Å². The molecule has 3 unspecified atom stereocenters. The zero-order valence-corrected chi connectivity index (χ0v) is 20.8.